The summed E-state index contributed by atoms with van der Waals surface area (Å²) >= 11 is -2.90. The van der Waals surface area contributed by atoms with Gasteiger partial charge in [-0.25, -0.2) is 13.8 Å². The van der Waals surface area contributed by atoms with Crippen LogP contribution in [-0.4, -0.2) is 53.4 Å². The number of ether oxygens (including phenoxy) is 2. The fraction of sp³-hybridized carbons (Fsp3) is 0.786. The maximum Gasteiger partial charge on any atom is 0.424 e. The molecule has 140 valence electrons. The Morgan fingerprint density at radius 2 is 1.50 bits per heavy atom. The second-order valence-corrected chi connectivity index (χ2v) is 7.87. The second-order valence-electron chi connectivity index (χ2n) is 7.02. The highest BCUT2D eigenvalue weighted by molar-refractivity contribution is 7.77. The van der Waals surface area contributed by atoms with Crippen LogP contribution in [-0.2, 0) is 30.3 Å². The molecule has 0 heterocycles. The molecule has 0 rings (SSSR count). The predicted molar refractivity (Wildman–Crippen MR) is 85.3 cm³/mol. The monoisotopic (exact) mass is 367 g/mol. The molecule has 0 radical (unpaired) electrons. The molecule has 0 aliphatic carbocycles. The first-order chi connectivity index (χ1) is 10.6. The van der Waals surface area contributed by atoms with Gasteiger partial charge in [0.2, 0.25) is 0 Å². The van der Waals surface area contributed by atoms with Crippen LogP contribution in [0.5, 0.6) is 0 Å². The third-order valence-electron chi connectivity index (χ3n) is 2.34. The zero-order valence-electron chi connectivity index (χ0n) is 14.7. The van der Waals surface area contributed by atoms with Crippen molar-refractivity contribution in [3.8, 4) is 0 Å². The summed E-state index contributed by atoms with van der Waals surface area (Å²) < 4.78 is 31.4. The summed E-state index contributed by atoms with van der Waals surface area (Å²) in [5, 5.41) is 8.80. The van der Waals surface area contributed by atoms with Crippen molar-refractivity contribution >= 4 is 29.3 Å². The van der Waals surface area contributed by atoms with E-state index in [-0.39, 0.29) is 4.31 Å². The number of rotatable bonds is 6. The summed E-state index contributed by atoms with van der Waals surface area (Å²) in [6.07, 6.45) is -2.11. The van der Waals surface area contributed by atoms with Gasteiger partial charge in [-0.3, -0.25) is 9.35 Å². The summed E-state index contributed by atoms with van der Waals surface area (Å²) in [4.78, 5) is 35.2. The van der Waals surface area contributed by atoms with Crippen LogP contribution in [0.4, 0.5) is 4.79 Å². The first-order valence-corrected chi connectivity index (χ1v) is 8.28. The van der Waals surface area contributed by atoms with E-state index < -0.39 is 59.4 Å². The average Bonchev–Trinajstić information content (AvgIpc) is 2.28. The van der Waals surface area contributed by atoms with Crippen LogP contribution in [0.3, 0.4) is 0 Å². The molecule has 0 bridgehead atoms. The van der Waals surface area contributed by atoms with Crippen molar-refractivity contribution in [3.05, 3.63) is 0 Å². The average molecular weight is 367 g/mol. The Bertz CT molecular complexity index is 506. The number of carbonyl (C=O) groups is 3. The predicted octanol–water partition coefficient (Wildman–Crippen LogP) is 1.94. The van der Waals surface area contributed by atoms with E-state index in [4.69, 9.17) is 14.6 Å². The van der Waals surface area contributed by atoms with E-state index in [0.29, 0.717) is 0 Å². The van der Waals surface area contributed by atoms with E-state index in [2.05, 4.69) is 0 Å². The van der Waals surface area contributed by atoms with Crippen LogP contribution < -0.4 is 0 Å². The van der Waals surface area contributed by atoms with Crippen LogP contribution in [0.1, 0.15) is 54.4 Å². The lowest BCUT2D eigenvalue weighted by Crippen LogP contribution is -2.50. The summed E-state index contributed by atoms with van der Waals surface area (Å²) in [6, 6.07) is -1.57. The first kappa shape index (κ1) is 22.3. The van der Waals surface area contributed by atoms with Crippen LogP contribution in [0.25, 0.3) is 0 Å². The lowest BCUT2D eigenvalue weighted by Gasteiger charge is -2.31. The lowest BCUT2D eigenvalue weighted by atomic mass is 10.1. The third kappa shape index (κ3) is 8.82. The van der Waals surface area contributed by atoms with Crippen LogP contribution in [0, 0.1) is 0 Å². The maximum absolute atomic E-state index is 12.3. The molecule has 0 aromatic rings. The van der Waals surface area contributed by atoms with Crippen molar-refractivity contribution in [1.82, 2.24) is 4.31 Å². The van der Waals surface area contributed by atoms with E-state index in [1.807, 2.05) is 0 Å². The Morgan fingerprint density at radius 3 is 1.83 bits per heavy atom. The minimum atomic E-state index is -2.90. The molecule has 9 nitrogen and oxygen atoms in total. The van der Waals surface area contributed by atoms with E-state index >= 15 is 0 Å². The van der Waals surface area contributed by atoms with Gasteiger partial charge >= 0.3 is 18.0 Å². The molecule has 0 aromatic heterocycles. The summed E-state index contributed by atoms with van der Waals surface area (Å²) in [6.45, 7) is 9.36. The molecule has 0 fully saturated rings. The van der Waals surface area contributed by atoms with E-state index in [1.165, 1.54) is 0 Å². The molecule has 24 heavy (non-hydrogen) atoms. The van der Waals surface area contributed by atoms with Gasteiger partial charge in [0.05, 0.1) is 0 Å². The Labute approximate surface area is 143 Å². The van der Waals surface area contributed by atoms with Gasteiger partial charge < -0.3 is 14.6 Å². The van der Waals surface area contributed by atoms with Crippen molar-refractivity contribution in [2.24, 2.45) is 0 Å². The largest absolute Gasteiger partial charge is 0.481 e. The molecular weight excluding hydrogens is 342 g/mol. The van der Waals surface area contributed by atoms with E-state index in [0.717, 1.165) is 0 Å². The molecule has 0 saturated carbocycles. The van der Waals surface area contributed by atoms with Crippen molar-refractivity contribution < 1.29 is 37.7 Å². The Balaban J connectivity index is 5.58. The Morgan fingerprint density at radius 1 is 1.04 bits per heavy atom. The van der Waals surface area contributed by atoms with Gasteiger partial charge in [0.25, 0.3) is 11.3 Å². The number of amides is 1. The van der Waals surface area contributed by atoms with Crippen molar-refractivity contribution in [2.75, 3.05) is 0 Å². The number of aliphatic carboxylic acids is 1. The molecule has 2 atom stereocenters. The lowest BCUT2D eigenvalue weighted by molar-refractivity contribution is -0.160. The normalized spacial score (nSPS) is 14.5. The van der Waals surface area contributed by atoms with Gasteiger partial charge in [-0.15, -0.1) is 0 Å². The quantitative estimate of drug-likeness (QED) is 0.538. The Kier molecular flexibility index (Phi) is 7.84. The summed E-state index contributed by atoms with van der Waals surface area (Å²) in [7, 11) is 0. The molecule has 1 unspecified atom stereocenters. The minimum Gasteiger partial charge on any atom is -0.481 e. The molecule has 10 heteroatoms. The SMILES string of the molecule is CC(C)(C)OC(=O)[C@H](CCC(=O)O)N(C(=O)OC(C)(C)C)S(=O)O. The van der Waals surface area contributed by atoms with Gasteiger partial charge in [0, 0.05) is 6.42 Å². The fourth-order valence-electron chi connectivity index (χ4n) is 1.57. The van der Waals surface area contributed by atoms with Crippen molar-refractivity contribution in [3.63, 3.8) is 0 Å². The zero-order chi connectivity index (χ0) is 19.3. The third-order valence-corrected chi connectivity index (χ3v) is 3.08. The molecule has 0 aliphatic rings. The molecule has 2 N–H and O–H groups in total. The van der Waals surface area contributed by atoms with Gasteiger partial charge in [0.15, 0.2) is 0 Å². The van der Waals surface area contributed by atoms with E-state index in [1.54, 1.807) is 41.5 Å². The highest BCUT2D eigenvalue weighted by Crippen LogP contribution is 2.19. The van der Waals surface area contributed by atoms with Crippen LogP contribution in [0.2, 0.25) is 0 Å². The maximum atomic E-state index is 12.3. The number of hydrogen-bond donors (Lipinski definition) is 2. The summed E-state index contributed by atoms with van der Waals surface area (Å²) in [5.74, 6) is -2.21. The molecule has 0 spiro atoms. The molecular formula is C14H25NO8S. The zero-order valence-corrected chi connectivity index (χ0v) is 15.5. The number of carboxylic acid groups (broad SMARTS) is 1. The van der Waals surface area contributed by atoms with Crippen LogP contribution >= 0.6 is 0 Å². The van der Waals surface area contributed by atoms with Crippen molar-refractivity contribution in [2.45, 2.75) is 71.6 Å². The Hall–Kier alpha value is -1.68. The number of esters is 1. The first-order valence-electron chi connectivity index (χ1n) is 7.22. The number of hydrogen-bond acceptors (Lipinski definition) is 6. The van der Waals surface area contributed by atoms with Gasteiger partial charge in [-0.1, -0.05) is 0 Å². The molecule has 0 saturated heterocycles. The highest BCUT2D eigenvalue weighted by Gasteiger charge is 2.39. The number of nitrogens with zero attached hydrogens (tertiary/aromatic N) is 1. The standard InChI is InChI=1S/C14H25NO8S/c1-13(2,3)22-11(18)9(7-8-10(16)17)15(24(20)21)12(19)23-14(4,5)6/h9H,7-8H2,1-6H3,(H,16,17)(H,20,21)/t9-/m0/s1. The van der Waals surface area contributed by atoms with Crippen molar-refractivity contribution in [1.29, 1.82) is 0 Å². The number of carboxylic acids is 1. The molecule has 1 amide bonds. The van der Waals surface area contributed by atoms with Crippen LogP contribution in [0.15, 0.2) is 0 Å². The second kappa shape index (κ2) is 8.43. The van der Waals surface area contributed by atoms with Gasteiger partial charge in [-0.05, 0) is 48.0 Å². The highest BCUT2D eigenvalue weighted by atomic mass is 32.2. The smallest absolute Gasteiger partial charge is 0.424 e. The van der Waals surface area contributed by atoms with E-state index in [9.17, 15) is 23.1 Å². The summed E-state index contributed by atoms with van der Waals surface area (Å²) in [5.41, 5.74) is -1.89. The van der Waals surface area contributed by atoms with Gasteiger partial charge in [-0.2, -0.15) is 4.31 Å². The number of carbonyl (C=O) groups excluding carboxylic acids is 2. The molecule has 0 aliphatic heterocycles. The fourth-order valence-corrected chi connectivity index (χ4v) is 2.14. The van der Waals surface area contributed by atoms with Gasteiger partial charge in [0.1, 0.15) is 17.2 Å². The topological polar surface area (TPSA) is 130 Å². The molecule has 0 aromatic carbocycles. The minimum absolute atomic E-state index is 0.280.